The summed E-state index contributed by atoms with van der Waals surface area (Å²) in [4.78, 5) is 0. The second-order valence-electron chi connectivity index (χ2n) is 2.49. The van der Waals surface area contributed by atoms with Crippen molar-refractivity contribution in [1.82, 2.24) is 0 Å². The zero-order valence-electron chi connectivity index (χ0n) is 7.33. The zero-order chi connectivity index (χ0) is 8.32. The highest BCUT2D eigenvalue weighted by molar-refractivity contribution is 9.24. The summed E-state index contributed by atoms with van der Waals surface area (Å²) in [6.07, 6.45) is 4.56. The van der Waals surface area contributed by atoms with Crippen molar-refractivity contribution in [1.29, 1.82) is 0 Å². The third-order valence-corrected chi connectivity index (χ3v) is 14.4. The monoisotopic (exact) mass is 228 g/mol. The molecule has 11 heavy (non-hydrogen) atoms. The lowest BCUT2D eigenvalue weighted by atomic mass is 10.6. The fourth-order valence-corrected chi connectivity index (χ4v) is 9.66. The van der Waals surface area contributed by atoms with E-state index in [4.69, 9.17) is 0 Å². The Morgan fingerprint density at radius 2 is 2.00 bits per heavy atom. The molecule has 0 saturated carbocycles. The molecule has 1 atom stereocenters. The summed E-state index contributed by atoms with van der Waals surface area (Å²) in [5.74, 6) is 4.29. The quantitative estimate of drug-likeness (QED) is 0.522. The molecule has 1 rings (SSSR count). The molecule has 0 bridgehead atoms. The summed E-state index contributed by atoms with van der Waals surface area (Å²) in [5, 5.41) is 1.02. The van der Waals surface area contributed by atoms with Crippen molar-refractivity contribution in [2.24, 2.45) is 0 Å². The molecule has 1 saturated heterocycles. The van der Waals surface area contributed by atoms with Crippen LogP contribution in [0.1, 0.15) is 6.92 Å². The predicted octanol–water partition coefficient (Wildman–Crippen LogP) is 3.48. The van der Waals surface area contributed by atoms with E-state index in [0.717, 1.165) is 5.25 Å². The van der Waals surface area contributed by atoms with Gasteiger partial charge in [0.2, 0.25) is 0 Å². The highest BCUT2D eigenvalue weighted by Gasteiger charge is 2.31. The van der Waals surface area contributed by atoms with E-state index in [-0.39, 0.29) is 8.09 Å². The Kier molecular flexibility index (Phi) is 4.37. The normalized spacial score (nSPS) is 25.2. The predicted molar refractivity (Wildman–Crippen MR) is 66.3 cm³/mol. The van der Waals surface area contributed by atoms with Gasteiger partial charge in [0.1, 0.15) is 0 Å². The molecule has 1 aliphatic rings. The molecule has 0 aliphatic carbocycles. The second kappa shape index (κ2) is 4.58. The molecular formula is C7H16S4. The minimum absolute atomic E-state index is 0.334. The van der Waals surface area contributed by atoms with Gasteiger partial charge in [0.15, 0.2) is 0 Å². The first-order valence-corrected chi connectivity index (χ1v) is 10.3. The maximum atomic E-state index is 2.34. The Labute approximate surface area is 83.2 Å². The van der Waals surface area contributed by atoms with E-state index in [9.17, 15) is 0 Å². The standard InChI is InChI=1S/C7H16S4/c1-4-11(8-2,9-3)6-7-5-10-7/h7H,4-6H2,1-3H3. The van der Waals surface area contributed by atoms with Crippen LogP contribution in [0.5, 0.6) is 0 Å². The van der Waals surface area contributed by atoms with Gasteiger partial charge in [-0.1, -0.05) is 6.92 Å². The van der Waals surface area contributed by atoms with Gasteiger partial charge in [-0.05, 0) is 18.3 Å². The summed E-state index contributed by atoms with van der Waals surface area (Å²) in [7, 11) is 3.90. The van der Waals surface area contributed by atoms with Crippen LogP contribution in [0.3, 0.4) is 0 Å². The average Bonchev–Trinajstić information content (AvgIpc) is 2.84. The summed E-state index contributed by atoms with van der Waals surface area (Å²) in [5.41, 5.74) is 0. The molecule has 1 aliphatic heterocycles. The van der Waals surface area contributed by atoms with E-state index in [1.54, 1.807) is 0 Å². The van der Waals surface area contributed by atoms with E-state index >= 15 is 0 Å². The van der Waals surface area contributed by atoms with Gasteiger partial charge in [-0.3, -0.25) is 0 Å². The largest absolute Gasteiger partial charge is 0.156 e. The molecule has 0 nitrogen and oxygen atoms in total. The summed E-state index contributed by atoms with van der Waals surface area (Å²) in [6, 6.07) is 0. The maximum Gasteiger partial charge on any atom is 0.0229 e. The van der Waals surface area contributed by atoms with Crippen molar-refractivity contribution in [2.45, 2.75) is 12.2 Å². The minimum Gasteiger partial charge on any atom is -0.156 e. The molecule has 1 heterocycles. The van der Waals surface area contributed by atoms with Crippen LogP contribution in [0, 0.1) is 0 Å². The van der Waals surface area contributed by atoms with Gasteiger partial charge < -0.3 is 0 Å². The Hall–Kier alpha value is 1.40. The van der Waals surface area contributed by atoms with Gasteiger partial charge in [0.25, 0.3) is 0 Å². The van der Waals surface area contributed by atoms with Crippen molar-refractivity contribution in [2.75, 3.05) is 29.8 Å². The molecule has 0 radical (unpaired) electrons. The number of rotatable bonds is 5. The third kappa shape index (κ3) is 2.98. The molecule has 1 fully saturated rings. The smallest absolute Gasteiger partial charge is 0.0229 e. The first kappa shape index (κ1) is 10.5. The van der Waals surface area contributed by atoms with Crippen molar-refractivity contribution >= 4 is 41.4 Å². The molecule has 0 amide bonds. The maximum absolute atomic E-state index is 2.34. The molecule has 4 heteroatoms. The van der Waals surface area contributed by atoms with Crippen LogP contribution in [-0.2, 0) is 0 Å². The van der Waals surface area contributed by atoms with Crippen LogP contribution in [0.4, 0.5) is 0 Å². The highest BCUT2D eigenvalue weighted by atomic mass is 33.6. The Morgan fingerprint density at radius 1 is 1.45 bits per heavy atom. The highest BCUT2D eigenvalue weighted by Crippen LogP contribution is 2.69. The van der Waals surface area contributed by atoms with E-state index in [0.29, 0.717) is 0 Å². The molecule has 0 spiro atoms. The molecule has 0 aromatic rings. The van der Waals surface area contributed by atoms with Gasteiger partial charge in [0.05, 0.1) is 0 Å². The molecular weight excluding hydrogens is 212 g/mol. The lowest BCUT2D eigenvalue weighted by molar-refractivity contribution is 1.26. The number of hydrogen-bond donors (Lipinski definition) is 0. The lowest BCUT2D eigenvalue weighted by Crippen LogP contribution is -2.03. The Morgan fingerprint density at radius 3 is 2.27 bits per heavy atom. The van der Waals surface area contributed by atoms with Crippen LogP contribution in [0.25, 0.3) is 0 Å². The molecule has 1 unspecified atom stereocenters. The van der Waals surface area contributed by atoms with E-state index in [1.165, 1.54) is 17.3 Å². The van der Waals surface area contributed by atoms with Gasteiger partial charge >= 0.3 is 0 Å². The summed E-state index contributed by atoms with van der Waals surface area (Å²) >= 11 is 2.14. The van der Waals surface area contributed by atoms with Crippen LogP contribution in [-0.4, -0.2) is 35.0 Å². The van der Waals surface area contributed by atoms with Crippen molar-refractivity contribution in [3.05, 3.63) is 0 Å². The van der Waals surface area contributed by atoms with Crippen molar-refractivity contribution < 1.29 is 0 Å². The van der Waals surface area contributed by atoms with Gasteiger partial charge in [-0.2, -0.15) is 11.8 Å². The SMILES string of the molecule is CCS(CC1CS1)(SC)SC. The van der Waals surface area contributed by atoms with Crippen LogP contribution in [0.2, 0.25) is 0 Å². The van der Waals surface area contributed by atoms with E-state index in [2.05, 4.69) is 52.8 Å². The van der Waals surface area contributed by atoms with Crippen molar-refractivity contribution in [3.8, 4) is 0 Å². The lowest BCUT2D eigenvalue weighted by Gasteiger charge is -2.34. The molecule has 0 N–H and O–H groups in total. The third-order valence-electron chi connectivity index (χ3n) is 1.89. The van der Waals surface area contributed by atoms with Crippen LogP contribution >= 0.6 is 41.4 Å². The zero-order valence-corrected chi connectivity index (χ0v) is 10.6. The Balaban J connectivity index is 2.39. The average molecular weight is 228 g/mol. The summed E-state index contributed by atoms with van der Waals surface area (Å²) < 4.78 is 0. The first-order chi connectivity index (χ1) is 5.26. The van der Waals surface area contributed by atoms with E-state index in [1.807, 2.05) is 0 Å². The Bertz CT molecular complexity index is 109. The fourth-order valence-electron chi connectivity index (χ4n) is 1.01. The topological polar surface area (TPSA) is 0 Å². The first-order valence-electron chi connectivity index (χ1n) is 3.78. The molecule has 0 aromatic heterocycles. The molecule has 0 aromatic carbocycles. The summed E-state index contributed by atoms with van der Waals surface area (Å²) in [6.45, 7) is 2.34. The minimum atomic E-state index is -0.334. The van der Waals surface area contributed by atoms with Gasteiger partial charge in [-0.25, -0.2) is 0 Å². The van der Waals surface area contributed by atoms with Crippen molar-refractivity contribution in [3.63, 3.8) is 0 Å². The number of hydrogen-bond acceptors (Lipinski definition) is 3. The fraction of sp³-hybridized carbons (Fsp3) is 1.00. The molecule has 68 valence electrons. The number of thioether (sulfide) groups is 1. The van der Waals surface area contributed by atoms with Gasteiger partial charge in [0, 0.05) is 16.8 Å². The van der Waals surface area contributed by atoms with Crippen LogP contribution < -0.4 is 0 Å². The van der Waals surface area contributed by atoms with Gasteiger partial charge in [-0.15, -0.1) is 29.7 Å². The van der Waals surface area contributed by atoms with Crippen LogP contribution in [0.15, 0.2) is 0 Å². The second-order valence-corrected chi connectivity index (χ2v) is 13.3. The van der Waals surface area contributed by atoms with E-state index < -0.39 is 0 Å².